The van der Waals surface area contributed by atoms with Crippen molar-refractivity contribution in [3.63, 3.8) is 0 Å². The highest BCUT2D eigenvalue weighted by Crippen LogP contribution is 2.34. The number of benzene rings is 1. The first-order valence-corrected chi connectivity index (χ1v) is 6.84. The standard InChI is InChI=1S/C15H22FN3O/c1-10(17)13-11(16)6-5-7-12(13)19-9-8-18(4)14(20)15(19,2)3/h5-7,10H,8-9,17H2,1-4H3/t10-/m1/s1. The maximum absolute atomic E-state index is 14.1. The Morgan fingerprint density at radius 2 is 2.00 bits per heavy atom. The van der Waals surface area contributed by atoms with Gasteiger partial charge in [0.25, 0.3) is 0 Å². The van der Waals surface area contributed by atoms with Crippen LogP contribution in [0.1, 0.15) is 32.4 Å². The lowest BCUT2D eigenvalue weighted by Gasteiger charge is -2.47. The van der Waals surface area contributed by atoms with E-state index in [9.17, 15) is 9.18 Å². The van der Waals surface area contributed by atoms with Gasteiger partial charge in [0, 0.05) is 37.4 Å². The van der Waals surface area contributed by atoms with Crippen molar-refractivity contribution in [3.8, 4) is 0 Å². The summed E-state index contributed by atoms with van der Waals surface area (Å²) in [6.07, 6.45) is 0. The molecule has 1 amide bonds. The number of likely N-dealkylation sites (N-methyl/N-ethyl adjacent to an activating group) is 1. The van der Waals surface area contributed by atoms with Crippen molar-refractivity contribution in [2.24, 2.45) is 5.73 Å². The summed E-state index contributed by atoms with van der Waals surface area (Å²) in [4.78, 5) is 16.0. The Morgan fingerprint density at radius 3 is 2.60 bits per heavy atom. The topological polar surface area (TPSA) is 49.6 Å². The third-order valence-electron chi connectivity index (χ3n) is 3.98. The molecule has 110 valence electrons. The molecule has 0 saturated carbocycles. The van der Waals surface area contributed by atoms with Crippen molar-refractivity contribution in [2.75, 3.05) is 25.0 Å². The van der Waals surface area contributed by atoms with Crippen LogP contribution in [0.3, 0.4) is 0 Å². The zero-order valence-electron chi connectivity index (χ0n) is 12.5. The number of piperazine rings is 1. The van der Waals surface area contributed by atoms with Crippen molar-refractivity contribution in [3.05, 3.63) is 29.6 Å². The molecule has 2 N–H and O–H groups in total. The Balaban J connectivity index is 2.52. The number of carbonyl (C=O) groups is 1. The fourth-order valence-electron chi connectivity index (χ4n) is 2.85. The van der Waals surface area contributed by atoms with Crippen LogP contribution < -0.4 is 10.6 Å². The number of hydrogen-bond donors (Lipinski definition) is 1. The summed E-state index contributed by atoms with van der Waals surface area (Å²) in [6.45, 7) is 6.77. The van der Waals surface area contributed by atoms with E-state index in [0.717, 1.165) is 0 Å². The molecule has 0 spiro atoms. The SMILES string of the molecule is C[C@@H](N)c1c(F)cccc1N1CCN(C)C(=O)C1(C)C. The third kappa shape index (κ3) is 2.26. The van der Waals surface area contributed by atoms with Crippen molar-refractivity contribution >= 4 is 11.6 Å². The lowest BCUT2D eigenvalue weighted by atomic mass is 9.94. The smallest absolute Gasteiger partial charge is 0.247 e. The molecule has 1 saturated heterocycles. The van der Waals surface area contributed by atoms with E-state index in [0.29, 0.717) is 24.3 Å². The van der Waals surface area contributed by atoms with Gasteiger partial charge in [-0.1, -0.05) is 6.07 Å². The second-order valence-electron chi connectivity index (χ2n) is 5.90. The van der Waals surface area contributed by atoms with Gasteiger partial charge in [0.05, 0.1) is 0 Å². The van der Waals surface area contributed by atoms with Gasteiger partial charge >= 0.3 is 0 Å². The van der Waals surface area contributed by atoms with Crippen LogP contribution in [-0.2, 0) is 4.79 Å². The molecule has 1 heterocycles. The fraction of sp³-hybridized carbons (Fsp3) is 0.533. The molecule has 20 heavy (non-hydrogen) atoms. The fourth-order valence-corrected chi connectivity index (χ4v) is 2.85. The normalized spacial score (nSPS) is 20.2. The van der Waals surface area contributed by atoms with E-state index in [-0.39, 0.29) is 11.7 Å². The molecular formula is C15H22FN3O. The zero-order valence-corrected chi connectivity index (χ0v) is 12.5. The third-order valence-corrected chi connectivity index (χ3v) is 3.98. The number of rotatable bonds is 2. The van der Waals surface area contributed by atoms with Gasteiger partial charge in [-0.15, -0.1) is 0 Å². The van der Waals surface area contributed by atoms with Crippen LogP contribution in [0.4, 0.5) is 10.1 Å². The van der Waals surface area contributed by atoms with Gasteiger partial charge in [0.15, 0.2) is 0 Å². The van der Waals surface area contributed by atoms with Crippen molar-refractivity contribution in [2.45, 2.75) is 32.4 Å². The molecule has 2 rings (SSSR count). The number of hydrogen-bond acceptors (Lipinski definition) is 3. The first-order valence-electron chi connectivity index (χ1n) is 6.84. The molecule has 4 nitrogen and oxygen atoms in total. The summed E-state index contributed by atoms with van der Waals surface area (Å²) in [5.74, 6) is -0.289. The van der Waals surface area contributed by atoms with Gasteiger partial charge in [-0.3, -0.25) is 4.79 Å². The second-order valence-corrected chi connectivity index (χ2v) is 5.90. The highest BCUT2D eigenvalue weighted by Gasteiger charge is 2.41. The monoisotopic (exact) mass is 279 g/mol. The van der Waals surface area contributed by atoms with E-state index in [1.165, 1.54) is 6.07 Å². The van der Waals surface area contributed by atoms with E-state index in [4.69, 9.17) is 5.73 Å². The number of amides is 1. The molecule has 1 aromatic rings. The predicted molar refractivity (Wildman–Crippen MR) is 78.1 cm³/mol. The number of nitrogens with two attached hydrogens (primary N) is 1. The number of carbonyl (C=O) groups excluding carboxylic acids is 1. The van der Waals surface area contributed by atoms with Gasteiger partial charge in [-0.25, -0.2) is 4.39 Å². The summed E-state index contributed by atoms with van der Waals surface area (Å²) >= 11 is 0. The van der Waals surface area contributed by atoms with Gasteiger partial charge in [-0.2, -0.15) is 0 Å². The van der Waals surface area contributed by atoms with E-state index < -0.39 is 11.6 Å². The molecule has 1 aliphatic rings. The van der Waals surface area contributed by atoms with Crippen molar-refractivity contribution < 1.29 is 9.18 Å². The predicted octanol–water partition coefficient (Wildman–Crippen LogP) is 1.90. The highest BCUT2D eigenvalue weighted by molar-refractivity contribution is 5.90. The maximum atomic E-state index is 14.1. The summed E-state index contributed by atoms with van der Waals surface area (Å²) in [7, 11) is 1.79. The van der Waals surface area contributed by atoms with E-state index >= 15 is 0 Å². The Bertz CT molecular complexity index is 528. The number of anilines is 1. The molecule has 1 fully saturated rings. The van der Waals surface area contributed by atoms with Crippen molar-refractivity contribution in [1.29, 1.82) is 0 Å². The van der Waals surface area contributed by atoms with Crippen molar-refractivity contribution in [1.82, 2.24) is 4.90 Å². The Morgan fingerprint density at radius 1 is 1.35 bits per heavy atom. The van der Waals surface area contributed by atoms with E-state index in [1.807, 2.05) is 24.8 Å². The average molecular weight is 279 g/mol. The Hall–Kier alpha value is -1.62. The number of nitrogens with zero attached hydrogens (tertiary/aromatic N) is 2. The van der Waals surface area contributed by atoms with E-state index in [2.05, 4.69) is 0 Å². The summed E-state index contributed by atoms with van der Waals surface area (Å²) in [5, 5.41) is 0. The molecule has 0 unspecified atom stereocenters. The minimum absolute atomic E-state index is 0.0311. The Kier molecular flexibility index (Phi) is 3.73. The molecule has 0 aromatic heterocycles. The van der Waals surface area contributed by atoms with E-state index in [1.54, 1.807) is 24.9 Å². The average Bonchev–Trinajstić information content (AvgIpc) is 2.35. The van der Waals surface area contributed by atoms with Gasteiger partial charge in [-0.05, 0) is 32.9 Å². The number of halogens is 1. The molecule has 5 heteroatoms. The molecule has 1 atom stereocenters. The Labute approximate surface area is 119 Å². The summed E-state index contributed by atoms with van der Waals surface area (Å²) < 4.78 is 14.1. The lowest BCUT2D eigenvalue weighted by molar-refractivity contribution is -0.136. The molecule has 0 bridgehead atoms. The van der Waals surface area contributed by atoms with Crippen LogP contribution in [0.15, 0.2) is 18.2 Å². The largest absolute Gasteiger partial charge is 0.355 e. The highest BCUT2D eigenvalue weighted by atomic mass is 19.1. The summed E-state index contributed by atoms with van der Waals surface area (Å²) in [5.41, 5.74) is 6.39. The summed E-state index contributed by atoms with van der Waals surface area (Å²) in [6, 6.07) is 4.49. The molecule has 0 radical (unpaired) electrons. The van der Waals surface area contributed by atoms with Crippen LogP contribution in [0, 0.1) is 5.82 Å². The maximum Gasteiger partial charge on any atom is 0.247 e. The molecular weight excluding hydrogens is 257 g/mol. The lowest BCUT2D eigenvalue weighted by Crippen LogP contribution is -2.62. The molecule has 1 aromatic carbocycles. The minimum Gasteiger partial charge on any atom is -0.355 e. The first kappa shape index (κ1) is 14.8. The van der Waals surface area contributed by atoms with Crippen LogP contribution >= 0.6 is 0 Å². The second kappa shape index (κ2) is 5.05. The van der Waals surface area contributed by atoms with Crippen LogP contribution in [0.5, 0.6) is 0 Å². The van der Waals surface area contributed by atoms with Crippen LogP contribution in [0.25, 0.3) is 0 Å². The van der Waals surface area contributed by atoms with Crippen LogP contribution in [0.2, 0.25) is 0 Å². The van der Waals surface area contributed by atoms with Gasteiger partial charge < -0.3 is 15.5 Å². The van der Waals surface area contributed by atoms with Gasteiger partial charge in [0.2, 0.25) is 5.91 Å². The first-order chi connectivity index (χ1) is 9.26. The quantitative estimate of drug-likeness (QED) is 0.899. The molecule has 1 aliphatic heterocycles. The van der Waals surface area contributed by atoms with Gasteiger partial charge in [0.1, 0.15) is 11.4 Å². The van der Waals surface area contributed by atoms with Crippen LogP contribution in [-0.4, -0.2) is 36.5 Å². The molecule has 0 aliphatic carbocycles. The zero-order chi connectivity index (χ0) is 15.1. The minimum atomic E-state index is -0.704.